The molecule has 2 atom stereocenters. The first-order valence-corrected chi connectivity index (χ1v) is 9.35. The molecule has 1 aliphatic heterocycles. The third-order valence-electron chi connectivity index (χ3n) is 4.59. The Bertz CT molecular complexity index is 393. The van der Waals surface area contributed by atoms with Crippen LogP contribution in [0.3, 0.4) is 0 Å². The second-order valence-electron chi connectivity index (χ2n) is 6.67. The van der Waals surface area contributed by atoms with Crippen molar-refractivity contribution >= 4 is 11.8 Å². The Morgan fingerprint density at radius 3 is 2.21 bits per heavy atom. The van der Waals surface area contributed by atoms with E-state index in [9.17, 15) is 15.0 Å². The fourth-order valence-corrected chi connectivity index (χ4v) is 3.30. The predicted molar refractivity (Wildman–Crippen MR) is 94.2 cm³/mol. The average molecular weight is 351 g/mol. The van der Waals surface area contributed by atoms with Gasteiger partial charge in [0.05, 0.1) is 0 Å². The number of rotatable bonds is 13. The van der Waals surface area contributed by atoms with Crippen LogP contribution in [0.1, 0.15) is 79.5 Å². The third-order valence-corrected chi connectivity index (χ3v) is 4.59. The second kappa shape index (κ2) is 14.1. The molecule has 0 spiro atoms. The van der Waals surface area contributed by atoms with Crippen molar-refractivity contribution in [2.45, 2.75) is 90.2 Å². The van der Waals surface area contributed by atoms with Crippen molar-refractivity contribution in [2.75, 3.05) is 13.1 Å². The minimum atomic E-state index is -0.951. The SMILES string of the molecule is CCCCCCCCCCCC1=[N+](C(C(=O)O)C(C)O)CCN1.[H-].[Na+]. The van der Waals surface area contributed by atoms with E-state index >= 15 is 0 Å². The van der Waals surface area contributed by atoms with E-state index in [1.807, 2.05) is 4.58 Å². The molecule has 0 fully saturated rings. The van der Waals surface area contributed by atoms with Crippen LogP contribution in [0, 0.1) is 0 Å². The van der Waals surface area contributed by atoms with Gasteiger partial charge in [-0.2, -0.15) is 0 Å². The number of nitrogens with zero attached hydrogens (tertiary/aromatic N) is 1. The topological polar surface area (TPSA) is 72.6 Å². The first-order valence-electron chi connectivity index (χ1n) is 9.35. The largest absolute Gasteiger partial charge is 1.00 e. The molecule has 0 saturated heterocycles. The smallest absolute Gasteiger partial charge is 1.00 e. The van der Waals surface area contributed by atoms with Gasteiger partial charge in [0.25, 0.3) is 0 Å². The summed E-state index contributed by atoms with van der Waals surface area (Å²) in [5, 5.41) is 22.3. The number of amidine groups is 1. The van der Waals surface area contributed by atoms with E-state index in [1.54, 1.807) is 6.92 Å². The summed E-state index contributed by atoms with van der Waals surface area (Å²) in [5.41, 5.74) is 0. The normalized spacial score (nSPS) is 16.5. The van der Waals surface area contributed by atoms with Gasteiger partial charge < -0.3 is 11.6 Å². The van der Waals surface area contributed by atoms with Crippen molar-refractivity contribution in [1.82, 2.24) is 5.32 Å². The summed E-state index contributed by atoms with van der Waals surface area (Å²) in [5.74, 6) is 0.0366. The molecular weight excluding hydrogens is 315 g/mol. The number of carboxylic acid groups (broad SMARTS) is 1. The fraction of sp³-hybridized carbons (Fsp3) is 0.889. The third kappa shape index (κ3) is 8.84. The number of aliphatic hydroxyl groups is 1. The van der Waals surface area contributed by atoms with Gasteiger partial charge in [0, 0.05) is 6.42 Å². The maximum Gasteiger partial charge on any atom is 1.00 e. The van der Waals surface area contributed by atoms with Crippen molar-refractivity contribution in [3.05, 3.63) is 0 Å². The Morgan fingerprint density at radius 1 is 1.17 bits per heavy atom. The monoisotopic (exact) mass is 351 g/mol. The maximum atomic E-state index is 11.4. The molecule has 0 aromatic rings. The molecule has 24 heavy (non-hydrogen) atoms. The number of hydrogen-bond acceptors (Lipinski definition) is 3. The van der Waals surface area contributed by atoms with Gasteiger partial charge in [-0.1, -0.05) is 58.3 Å². The first-order chi connectivity index (χ1) is 11.1. The van der Waals surface area contributed by atoms with Crippen molar-refractivity contribution < 1.29 is 50.6 Å². The van der Waals surface area contributed by atoms with Gasteiger partial charge in [-0.3, -0.25) is 5.32 Å². The molecule has 3 N–H and O–H groups in total. The maximum absolute atomic E-state index is 11.4. The van der Waals surface area contributed by atoms with E-state index in [1.165, 1.54) is 51.4 Å². The molecule has 0 amide bonds. The second-order valence-corrected chi connectivity index (χ2v) is 6.67. The number of carboxylic acids is 1. The number of carbonyl (C=O) groups is 1. The van der Waals surface area contributed by atoms with E-state index < -0.39 is 18.1 Å². The van der Waals surface area contributed by atoms with Gasteiger partial charge in [0.15, 0.2) is 0 Å². The molecule has 0 aromatic heterocycles. The van der Waals surface area contributed by atoms with Crippen LogP contribution in [0.2, 0.25) is 0 Å². The van der Waals surface area contributed by atoms with Gasteiger partial charge >= 0.3 is 35.5 Å². The van der Waals surface area contributed by atoms with Gasteiger partial charge in [0.2, 0.25) is 11.9 Å². The average Bonchev–Trinajstić information content (AvgIpc) is 2.93. The van der Waals surface area contributed by atoms with Crippen LogP contribution in [0.15, 0.2) is 0 Å². The molecule has 5 nitrogen and oxygen atoms in total. The van der Waals surface area contributed by atoms with Gasteiger partial charge in [-0.15, -0.1) is 0 Å². The van der Waals surface area contributed by atoms with Crippen molar-refractivity contribution in [2.24, 2.45) is 0 Å². The van der Waals surface area contributed by atoms with E-state index in [-0.39, 0.29) is 31.0 Å². The zero-order chi connectivity index (χ0) is 17.1. The van der Waals surface area contributed by atoms with Crippen LogP contribution in [0.25, 0.3) is 0 Å². The molecule has 2 unspecified atom stereocenters. The number of aliphatic hydroxyl groups excluding tert-OH is 1. The van der Waals surface area contributed by atoms with Crippen LogP contribution < -0.4 is 34.9 Å². The van der Waals surface area contributed by atoms with E-state index in [2.05, 4.69) is 12.2 Å². The predicted octanol–water partition coefficient (Wildman–Crippen LogP) is -0.128. The minimum absolute atomic E-state index is 0. The summed E-state index contributed by atoms with van der Waals surface area (Å²) in [6.45, 7) is 5.22. The number of aliphatic carboxylic acids is 1. The van der Waals surface area contributed by atoms with Crippen LogP contribution in [0.4, 0.5) is 0 Å². The molecule has 0 saturated carbocycles. The zero-order valence-electron chi connectivity index (χ0n) is 16.9. The summed E-state index contributed by atoms with van der Waals surface area (Å²) in [6, 6.07) is -0.835. The first kappa shape index (κ1) is 23.9. The standard InChI is InChI=1S/C18H34N2O3.Na.H/c1-3-4-5-6-7-8-9-10-11-12-16-19-13-14-20(16)17(15(2)21)18(22)23;;/h15,17,21H,3-14H2,1-2H3,(H,22,23);;/q;+1;-1/p+1. The van der Waals surface area contributed by atoms with Gasteiger partial charge in [0.1, 0.15) is 19.2 Å². The summed E-state index contributed by atoms with van der Waals surface area (Å²) < 4.78 is 1.83. The molecular formula is C18H36N2NaO3+. The number of unbranched alkanes of at least 4 members (excludes halogenated alkanes) is 8. The minimum Gasteiger partial charge on any atom is -1.00 e. The molecule has 1 rings (SSSR count). The van der Waals surface area contributed by atoms with Gasteiger partial charge in [-0.25, -0.2) is 9.37 Å². The Morgan fingerprint density at radius 2 is 1.71 bits per heavy atom. The molecule has 1 aliphatic rings. The van der Waals surface area contributed by atoms with E-state index in [4.69, 9.17) is 0 Å². The molecule has 0 aromatic carbocycles. The molecule has 0 aliphatic carbocycles. The molecule has 0 bridgehead atoms. The van der Waals surface area contributed by atoms with E-state index in [0.29, 0.717) is 6.54 Å². The Labute approximate surface area is 170 Å². The van der Waals surface area contributed by atoms with Crippen molar-refractivity contribution in [1.29, 1.82) is 0 Å². The number of hydrogen-bond donors (Lipinski definition) is 3. The Kier molecular flexibility index (Phi) is 14.1. The van der Waals surface area contributed by atoms with Crippen LogP contribution in [-0.2, 0) is 4.79 Å². The summed E-state index contributed by atoms with van der Waals surface area (Å²) >= 11 is 0. The van der Waals surface area contributed by atoms with Crippen LogP contribution >= 0.6 is 0 Å². The summed E-state index contributed by atoms with van der Waals surface area (Å²) in [7, 11) is 0. The van der Waals surface area contributed by atoms with Gasteiger partial charge in [-0.05, 0) is 13.3 Å². The fourth-order valence-electron chi connectivity index (χ4n) is 3.30. The van der Waals surface area contributed by atoms with Crippen LogP contribution in [0.5, 0.6) is 0 Å². The van der Waals surface area contributed by atoms with Crippen LogP contribution in [-0.4, -0.2) is 51.8 Å². The number of nitrogens with one attached hydrogen (secondary N) is 1. The Balaban J connectivity index is 0. The van der Waals surface area contributed by atoms with Crippen molar-refractivity contribution in [3.8, 4) is 0 Å². The zero-order valence-corrected chi connectivity index (χ0v) is 17.9. The molecule has 1 heterocycles. The van der Waals surface area contributed by atoms with Crippen molar-refractivity contribution in [3.63, 3.8) is 0 Å². The molecule has 6 heteroatoms. The summed E-state index contributed by atoms with van der Waals surface area (Å²) in [4.78, 5) is 11.4. The summed E-state index contributed by atoms with van der Waals surface area (Å²) in [6.07, 6.45) is 11.6. The Hall–Kier alpha value is -0.100. The van der Waals surface area contributed by atoms with E-state index in [0.717, 1.165) is 25.2 Å². The molecule has 136 valence electrons. The quantitative estimate of drug-likeness (QED) is 0.246. The molecule has 0 radical (unpaired) electrons.